The summed E-state index contributed by atoms with van der Waals surface area (Å²) in [6.07, 6.45) is 5.53. The summed E-state index contributed by atoms with van der Waals surface area (Å²) >= 11 is 0. The number of benzene rings is 1. The number of carbonyl (C=O) groups is 2. The third-order valence-electron chi connectivity index (χ3n) is 5.89. The highest BCUT2D eigenvalue weighted by atomic mass is 16.5. The molecule has 1 aromatic carbocycles. The number of amides is 3. The summed E-state index contributed by atoms with van der Waals surface area (Å²) in [7, 11) is 3.21. The fourth-order valence-electron chi connectivity index (χ4n) is 4.42. The first-order valence-electron chi connectivity index (χ1n) is 9.45. The topological polar surface area (TPSA) is 82.1 Å². The number of rotatable bonds is 3. The number of phenols is 1. The Balaban J connectivity index is 1.72. The maximum Gasteiger partial charge on any atom is 0.322 e. The second-order valence-electron chi connectivity index (χ2n) is 7.49. The van der Waals surface area contributed by atoms with Gasteiger partial charge in [0.15, 0.2) is 0 Å². The smallest absolute Gasteiger partial charge is 0.322 e. The predicted molar refractivity (Wildman–Crippen MR) is 99.3 cm³/mol. The van der Waals surface area contributed by atoms with Crippen molar-refractivity contribution in [3.8, 4) is 11.5 Å². The Hall–Kier alpha value is -2.70. The van der Waals surface area contributed by atoms with E-state index in [4.69, 9.17) is 4.74 Å². The largest absolute Gasteiger partial charge is 0.508 e. The SMILES string of the molecule is COc1cc(O)cc(C2NC(=O)N(C)C3=C2C(=O)N(C2CCCCC2)C3)c1. The molecule has 7 nitrogen and oxygen atoms in total. The lowest BCUT2D eigenvalue weighted by Crippen LogP contribution is -2.45. The summed E-state index contributed by atoms with van der Waals surface area (Å²) in [5.41, 5.74) is 1.98. The van der Waals surface area contributed by atoms with E-state index in [1.54, 1.807) is 19.2 Å². The average Bonchev–Trinajstić information content (AvgIpc) is 3.02. The van der Waals surface area contributed by atoms with Gasteiger partial charge in [-0.25, -0.2) is 4.79 Å². The Labute approximate surface area is 158 Å². The number of urea groups is 1. The number of aromatic hydroxyl groups is 1. The van der Waals surface area contributed by atoms with Crippen LogP contribution in [0, 0.1) is 0 Å². The van der Waals surface area contributed by atoms with E-state index >= 15 is 0 Å². The van der Waals surface area contributed by atoms with Gasteiger partial charge in [-0.05, 0) is 30.5 Å². The van der Waals surface area contributed by atoms with Crippen molar-refractivity contribution in [2.45, 2.75) is 44.2 Å². The second kappa shape index (κ2) is 6.79. The number of methoxy groups -OCH3 is 1. The van der Waals surface area contributed by atoms with Gasteiger partial charge in [-0.3, -0.25) is 9.69 Å². The highest BCUT2D eigenvalue weighted by Crippen LogP contribution is 2.39. The van der Waals surface area contributed by atoms with Gasteiger partial charge in [0.05, 0.1) is 31.0 Å². The van der Waals surface area contributed by atoms with Gasteiger partial charge >= 0.3 is 6.03 Å². The zero-order valence-corrected chi connectivity index (χ0v) is 15.7. The van der Waals surface area contributed by atoms with Gasteiger partial charge in [-0.2, -0.15) is 0 Å². The van der Waals surface area contributed by atoms with Gasteiger partial charge < -0.3 is 20.1 Å². The van der Waals surface area contributed by atoms with Crippen LogP contribution in [0.15, 0.2) is 29.5 Å². The maximum absolute atomic E-state index is 13.3. The molecular formula is C20H25N3O4. The molecule has 0 aromatic heterocycles. The monoisotopic (exact) mass is 371 g/mol. The Morgan fingerprint density at radius 3 is 2.59 bits per heavy atom. The van der Waals surface area contributed by atoms with Gasteiger partial charge in [0.1, 0.15) is 11.5 Å². The summed E-state index contributed by atoms with van der Waals surface area (Å²) in [6, 6.07) is 4.21. The number of carbonyl (C=O) groups excluding carboxylic acids is 2. The molecule has 2 heterocycles. The normalized spacial score (nSPS) is 23.6. The molecule has 144 valence electrons. The summed E-state index contributed by atoms with van der Waals surface area (Å²) < 4.78 is 5.23. The van der Waals surface area contributed by atoms with Crippen molar-refractivity contribution in [3.05, 3.63) is 35.0 Å². The van der Waals surface area contributed by atoms with Crippen molar-refractivity contribution >= 4 is 11.9 Å². The molecule has 3 aliphatic rings. The number of nitrogens with one attached hydrogen (secondary N) is 1. The van der Waals surface area contributed by atoms with E-state index in [9.17, 15) is 14.7 Å². The molecule has 3 amide bonds. The maximum atomic E-state index is 13.3. The van der Waals surface area contributed by atoms with Crippen LogP contribution in [0.25, 0.3) is 0 Å². The van der Waals surface area contributed by atoms with Crippen LogP contribution in [0.5, 0.6) is 11.5 Å². The Kier molecular flexibility index (Phi) is 4.45. The lowest BCUT2D eigenvalue weighted by Gasteiger charge is -2.31. The highest BCUT2D eigenvalue weighted by Gasteiger charge is 2.45. The number of hydrogen-bond donors (Lipinski definition) is 2. The lowest BCUT2D eigenvalue weighted by atomic mass is 9.93. The Morgan fingerprint density at radius 2 is 1.89 bits per heavy atom. The number of ether oxygens (including phenoxy) is 1. The second-order valence-corrected chi connectivity index (χ2v) is 7.49. The van der Waals surface area contributed by atoms with E-state index in [0.717, 1.165) is 31.4 Å². The summed E-state index contributed by atoms with van der Waals surface area (Å²) in [5.74, 6) is 0.500. The molecule has 0 bridgehead atoms. The van der Waals surface area contributed by atoms with Crippen LogP contribution in [-0.4, -0.2) is 53.6 Å². The molecule has 1 fully saturated rings. The zero-order chi connectivity index (χ0) is 19.1. The van der Waals surface area contributed by atoms with E-state index < -0.39 is 6.04 Å². The van der Waals surface area contributed by atoms with Crippen LogP contribution < -0.4 is 10.1 Å². The first-order valence-corrected chi connectivity index (χ1v) is 9.45. The number of hydrogen-bond acceptors (Lipinski definition) is 4. The molecule has 2 aliphatic heterocycles. The predicted octanol–water partition coefficient (Wildman–Crippen LogP) is 2.53. The minimum atomic E-state index is -0.592. The zero-order valence-electron chi connectivity index (χ0n) is 15.7. The fraction of sp³-hybridized carbons (Fsp3) is 0.500. The first-order chi connectivity index (χ1) is 13.0. The van der Waals surface area contributed by atoms with Crippen molar-refractivity contribution in [2.24, 2.45) is 0 Å². The molecule has 1 aromatic rings. The Bertz CT molecular complexity index is 813. The molecule has 7 heteroatoms. The summed E-state index contributed by atoms with van der Waals surface area (Å²) in [6.45, 7) is 0.467. The van der Waals surface area contributed by atoms with Gasteiger partial charge in [0.2, 0.25) is 0 Å². The molecule has 1 aliphatic carbocycles. The van der Waals surface area contributed by atoms with Crippen molar-refractivity contribution in [1.82, 2.24) is 15.1 Å². The number of nitrogens with zero attached hydrogens (tertiary/aromatic N) is 2. The molecule has 0 radical (unpaired) electrons. The van der Waals surface area contributed by atoms with Gasteiger partial charge in [0, 0.05) is 19.2 Å². The van der Waals surface area contributed by atoms with Crippen molar-refractivity contribution < 1.29 is 19.4 Å². The molecule has 1 atom stereocenters. The third kappa shape index (κ3) is 3.01. The molecule has 27 heavy (non-hydrogen) atoms. The molecular weight excluding hydrogens is 346 g/mol. The van der Waals surface area contributed by atoms with E-state index in [-0.39, 0.29) is 23.7 Å². The van der Waals surface area contributed by atoms with Gasteiger partial charge in [0.25, 0.3) is 5.91 Å². The number of phenolic OH excluding ortho intramolecular Hbond substituents is 1. The minimum absolute atomic E-state index is 0.0175. The van der Waals surface area contributed by atoms with Crippen molar-refractivity contribution in [3.63, 3.8) is 0 Å². The molecule has 2 N–H and O–H groups in total. The van der Waals surface area contributed by atoms with Crippen LogP contribution in [0.2, 0.25) is 0 Å². The standard InChI is InChI=1S/C20H25N3O4/c1-22-16-11-23(13-6-4-3-5-7-13)19(25)17(16)18(21-20(22)26)12-8-14(24)10-15(9-12)27-2/h8-10,13,18,24H,3-7,11H2,1-2H3,(H,21,26). The summed E-state index contributed by atoms with van der Waals surface area (Å²) in [4.78, 5) is 29.3. The summed E-state index contributed by atoms with van der Waals surface area (Å²) in [5, 5.41) is 12.9. The van der Waals surface area contributed by atoms with Crippen LogP contribution >= 0.6 is 0 Å². The van der Waals surface area contributed by atoms with Crippen molar-refractivity contribution in [2.75, 3.05) is 20.7 Å². The third-order valence-corrected chi connectivity index (χ3v) is 5.89. The van der Waals surface area contributed by atoms with Gasteiger partial charge in [-0.1, -0.05) is 19.3 Å². The molecule has 1 unspecified atom stereocenters. The van der Waals surface area contributed by atoms with Crippen LogP contribution in [0.4, 0.5) is 4.79 Å². The quantitative estimate of drug-likeness (QED) is 0.855. The van der Waals surface area contributed by atoms with Gasteiger partial charge in [-0.15, -0.1) is 0 Å². The average molecular weight is 371 g/mol. The lowest BCUT2D eigenvalue weighted by molar-refractivity contribution is -0.128. The first kappa shape index (κ1) is 17.7. The van der Waals surface area contributed by atoms with Crippen molar-refractivity contribution in [1.29, 1.82) is 0 Å². The fourth-order valence-corrected chi connectivity index (χ4v) is 4.42. The van der Waals surface area contributed by atoms with Crippen LogP contribution in [0.3, 0.4) is 0 Å². The molecule has 1 saturated carbocycles. The molecule has 0 spiro atoms. The molecule has 0 saturated heterocycles. The van der Waals surface area contributed by atoms with E-state index in [1.165, 1.54) is 24.5 Å². The highest BCUT2D eigenvalue weighted by molar-refractivity contribution is 6.01. The van der Waals surface area contributed by atoms with E-state index in [1.807, 2.05) is 4.90 Å². The minimum Gasteiger partial charge on any atom is -0.508 e. The van der Waals surface area contributed by atoms with Crippen LogP contribution in [0.1, 0.15) is 43.7 Å². The number of likely N-dealkylation sites (N-methyl/N-ethyl adjacent to an activating group) is 1. The van der Waals surface area contributed by atoms with E-state index in [0.29, 0.717) is 23.4 Å². The van der Waals surface area contributed by atoms with Crippen LogP contribution in [-0.2, 0) is 4.79 Å². The Morgan fingerprint density at radius 1 is 1.15 bits per heavy atom. The molecule has 4 rings (SSSR count). The van der Waals surface area contributed by atoms with E-state index in [2.05, 4.69) is 5.32 Å².